The van der Waals surface area contributed by atoms with Crippen LogP contribution in [0.2, 0.25) is 0 Å². The van der Waals surface area contributed by atoms with E-state index in [1.807, 2.05) is 37.3 Å². The van der Waals surface area contributed by atoms with Crippen LogP contribution in [-0.4, -0.2) is 36.9 Å². The third-order valence-corrected chi connectivity index (χ3v) is 4.92. The molecule has 1 unspecified atom stereocenters. The molecule has 4 rings (SSSR count). The summed E-state index contributed by atoms with van der Waals surface area (Å²) in [6.07, 6.45) is 0.245. The topological polar surface area (TPSA) is 71.8 Å². The zero-order valence-electron chi connectivity index (χ0n) is 14.7. The number of nitrogens with one attached hydrogen (secondary N) is 1. The Morgan fingerprint density at radius 2 is 2.08 bits per heavy atom. The second-order valence-corrected chi connectivity index (χ2v) is 6.47. The van der Waals surface area contributed by atoms with Crippen LogP contribution in [0, 0.1) is 5.92 Å². The first-order chi connectivity index (χ1) is 12.6. The summed E-state index contributed by atoms with van der Waals surface area (Å²) in [5.41, 5.74) is 2.01. The highest BCUT2D eigenvalue weighted by atomic mass is 16.5. The number of nitrogens with zero attached hydrogens (tertiary/aromatic N) is 1. The van der Waals surface area contributed by atoms with Crippen LogP contribution in [0.15, 0.2) is 40.8 Å². The van der Waals surface area contributed by atoms with Gasteiger partial charge in [0, 0.05) is 36.3 Å². The Hall–Kier alpha value is -3.02. The molecule has 2 amide bonds. The zero-order chi connectivity index (χ0) is 18.3. The van der Waals surface area contributed by atoms with Crippen LogP contribution in [-0.2, 0) is 9.59 Å². The maximum atomic E-state index is 12.6. The molecule has 1 aromatic heterocycles. The van der Waals surface area contributed by atoms with Gasteiger partial charge in [0.1, 0.15) is 16.9 Å². The SMILES string of the molecule is CCN1CC(C(=O)Nc2cc3oc4ccccc4c3cc2OC)CC1=O. The maximum absolute atomic E-state index is 12.6. The van der Waals surface area contributed by atoms with Crippen molar-refractivity contribution in [3.8, 4) is 5.75 Å². The van der Waals surface area contributed by atoms with Crippen molar-refractivity contribution in [1.29, 1.82) is 0 Å². The smallest absolute Gasteiger partial charge is 0.229 e. The van der Waals surface area contributed by atoms with Gasteiger partial charge in [0.2, 0.25) is 11.8 Å². The number of rotatable bonds is 4. The second kappa shape index (κ2) is 6.37. The molecule has 2 heterocycles. The summed E-state index contributed by atoms with van der Waals surface area (Å²) in [7, 11) is 1.57. The lowest BCUT2D eigenvalue weighted by Gasteiger charge is -2.15. The minimum absolute atomic E-state index is 0.0207. The molecule has 0 saturated carbocycles. The Morgan fingerprint density at radius 3 is 2.81 bits per heavy atom. The minimum atomic E-state index is -0.349. The van der Waals surface area contributed by atoms with E-state index < -0.39 is 0 Å². The van der Waals surface area contributed by atoms with E-state index in [1.54, 1.807) is 18.1 Å². The Balaban J connectivity index is 1.66. The molecule has 1 fully saturated rings. The van der Waals surface area contributed by atoms with Crippen molar-refractivity contribution in [3.63, 3.8) is 0 Å². The summed E-state index contributed by atoms with van der Waals surface area (Å²) in [5.74, 6) is 0.0583. The van der Waals surface area contributed by atoms with Gasteiger partial charge in [-0.05, 0) is 19.1 Å². The van der Waals surface area contributed by atoms with E-state index in [4.69, 9.17) is 9.15 Å². The summed E-state index contributed by atoms with van der Waals surface area (Å²) < 4.78 is 11.3. The molecule has 0 spiro atoms. The number of benzene rings is 2. The first-order valence-electron chi connectivity index (χ1n) is 8.68. The van der Waals surface area contributed by atoms with Crippen molar-refractivity contribution in [2.24, 2.45) is 5.92 Å². The Bertz CT molecular complexity index is 1010. The Labute approximate surface area is 150 Å². The molecule has 2 aromatic carbocycles. The average molecular weight is 352 g/mol. The number of carbonyl (C=O) groups excluding carboxylic acids is 2. The molecule has 1 N–H and O–H groups in total. The third kappa shape index (κ3) is 2.67. The van der Waals surface area contributed by atoms with Crippen molar-refractivity contribution >= 4 is 39.4 Å². The van der Waals surface area contributed by atoms with Crippen LogP contribution in [0.1, 0.15) is 13.3 Å². The normalized spacial score (nSPS) is 17.2. The van der Waals surface area contributed by atoms with Crippen LogP contribution in [0.4, 0.5) is 5.69 Å². The molecule has 134 valence electrons. The highest BCUT2D eigenvalue weighted by molar-refractivity contribution is 6.08. The largest absolute Gasteiger partial charge is 0.495 e. The van der Waals surface area contributed by atoms with Crippen molar-refractivity contribution < 1.29 is 18.7 Å². The monoisotopic (exact) mass is 352 g/mol. The van der Waals surface area contributed by atoms with Gasteiger partial charge in [-0.3, -0.25) is 9.59 Å². The molecular formula is C20H20N2O4. The predicted octanol–water partition coefficient (Wildman–Crippen LogP) is 3.40. The summed E-state index contributed by atoms with van der Waals surface area (Å²) in [6.45, 7) is 2.99. The number of likely N-dealkylation sites (tertiary alicyclic amines) is 1. The van der Waals surface area contributed by atoms with Crippen LogP contribution in [0.5, 0.6) is 5.75 Å². The van der Waals surface area contributed by atoms with Gasteiger partial charge < -0.3 is 19.4 Å². The standard InChI is InChI=1S/C20H20N2O4/c1-3-22-11-12(8-19(22)23)20(24)21-15-10-17-14(9-18(15)25-2)13-6-4-5-7-16(13)26-17/h4-7,9-10,12H,3,8,11H2,1-2H3,(H,21,24). The second-order valence-electron chi connectivity index (χ2n) is 6.47. The van der Waals surface area contributed by atoms with Crippen LogP contribution in [0.3, 0.4) is 0 Å². The van der Waals surface area contributed by atoms with Gasteiger partial charge in [0.15, 0.2) is 0 Å². The fourth-order valence-corrected chi connectivity index (χ4v) is 3.51. The number of anilines is 1. The predicted molar refractivity (Wildman–Crippen MR) is 99.3 cm³/mol. The van der Waals surface area contributed by atoms with E-state index in [9.17, 15) is 9.59 Å². The number of hydrogen-bond acceptors (Lipinski definition) is 4. The lowest BCUT2D eigenvalue weighted by atomic mass is 10.1. The Morgan fingerprint density at radius 1 is 1.27 bits per heavy atom. The van der Waals surface area contributed by atoms with E-state index in [1.165, 1.54) is 0 Å². The summed E-state index contributed by atoms with van der Waals surface area (Å²) in [5, 5.41) is 4.83. The van der Waals surface area contributed by atoms with Crippen molar-refractivity contribution in [2.45, 2.75) is 13.3 Å². The third-order valence-electron chi connectivity index (χ3n) is 4.92. The fourth-order valence-electron chi connectivity index (χ4n) is 3.51. The molecule has 6 heteroatoms. The van der Waals surface area contributed by atoms with E-state index >= 15 is 0 Å². The number of carbonyl (C=O) groups is 2. The van der Waals surface area contributed by atoms with Crippen LogP contribution in [0.25, 0.3) is 21.9 Å². The van der Waals surface area contributed by atoms with Gasteiger partial charge in [-0.1, -0.05) is 18.2 Å². The maximum Gasteiger partial charge on any atom is 0.229 e. The quantitative estimate of drug-likeness (QED) is 0.781. The van der Waals surface area contributed by atoms with Gasteiger partial charge in [-0.15, -0.1) is 0 Å². The highest BCUT2D eigenvalue weighted by Gasteiger charge is 2.33. The average Bonchev–Trinajstić information content (AvgIpc) is 3.20. The zero-order valence-corrected chi connectivity index (χ0v) is 14.7. The fraction of sp³-hybridized carbons (Fsp3) is 0.300. The first kappa shape index (κ1) is 16.4. The molecule has 1 aliphatic rings. The molecule has 0 bridgehead atoms. The number of fused-ring (bicyclic) bond motifs is 3. The molecule has 26 heavy (non-hydrogen) atoms. The molecule has 6 nitrogen and oxygen atoms in total. The van der Waals surface area contributed by atoms with E-state index in [-0.39, 0.29) is 24.2 Å². The number of methoxy groups -OCH3 is 1. The highest BCUT2D eigenvalue weighted by Crippen LogP contribution is 2.36. The number of ether oxygens (including phenoxy) is 1. The lowest BCUT2D eigenvalue weighted by molar-refractivity contribution is -0.128. The van der Waals surface area contributed by atoms with Gasteiger partial charge in [-0.2, -0.15) is 0 Å². The minimum Gasteiger partial charge on any atom is -0.495 e. The first-order valence-corrected chi connectivity index (χ1v) is 8.68. The van der Waals surface area contributed by atoms with E-state index in [0.29, 0.717) is 30.1 Å². The van der Waals surface area contributed by atoms with Gasteiger partial charge in [0.05, 0.1) is 18.7 Å². The number of hydrogen-bond donors (Lipinski definition) is 1. The Kier molecular flexibility index (Phi) is 4.03. The van der Waals surface area contributed by atoms with Crippen molar-refractivity contribution in [3.05, 3.63) is 36.4 Å². The molecule has 0 radical (unpaired) electrons. The number of para-hydroxylation sites is 1. The van der Waals surface area contributed by atoms with Crippen molar-refractivity contribution in [2.75, 3.05) is 25.5 Å². The molecule has 0 aliphatic carbocycles. The van der Waals surface area contributed by atoms with Gasteiger partial charge >= 0.3 is 0 Å². The van der Waals surface area contributed by atoms with Crippen molar-refractivity contribution in [1.82, 2.24) is 4.90 Å². The van der Waals surface area contributed by atoms with Crippen LogP contribution >= 0.6 is 0 Å². The summed E-state index contributed by atoms with van der Waals surface area (Å²) in [4.78, 5) is 26.2. The van der Waals surface area contributed by atoms with E-state index in [2.05, 4.69) is 5.32 Å². The summed E-state index contributed by atoms with van der Waals surface area (Å²) >= 11 is 0. The number of furan rings is 1. The molecule has 1 atom stereocenters. The van der Waals surface area contributed by atoms with E-state index in [0.717, 1.165) is 16.4 Å². The van der Waals surface area contributed by atoms with Crippen LogP contribution < -0.4 is 10.1 Å². The molecule has 3 aromatic rings. The molecule has 1 saturated heterocycles. The number of amides is 2. The lowest BCUT2D eigenvalue weighted by Crippen LogP contribution is -2.28. The molecular weight excluding hydrogens is 332 g/mol. The van der Waals surface area contributed by atoms with Gasteiger partial charge in [-0.25, -0.2) is 0 Å². The van der Waals surface area contributed by atoms with Gasteiger partial charge in [0.25, 0.3) is 0 Å². The molecule has 1 aliphatic heterocycles. The summed E-state index contributed by atoms with van der Waals surface area (Å²) in [6, 6.07) is 11.4.